The second-order valence-corrected chi connectivity index (χ2v) is 2.75. The molecule has 0 bridgehead atoms. The third-order valence-corrected chi connectivity index (χ3v) is 1.72. The topological polar surface area (TPSA) is 51.3 Å². The van der Waals surface area contributed by atoms with Crippen molar-refractivity contribution in [3.8, 4) is 0 Å². The Kier molecular flexibility index (Phi) is 1.96. The summed E-state index contributed by atoms with van der Waals surface area (Å²) in [5.41, 5.74) is 0.851. The van der Waals surface area contributed by atoms with Crippen LogP contribution >= 0.6 is 11.6 Å². The second-order valence-electron chi connectivity index (χ2n) is 2.07. The van der Waals surface area contributed by atoms with Crippen LogP contribution in [0.5, 0.6) is 0 Å². The van der Waals surface area contributed by atoms with Crippen LogP contribution < -0.4 is 4.80 Å². The second kappa shape index (κ2) is 3.27. The lowest BCUT2D eigenvalue weighted by molar-refractivity contribution is 0.470. The lowest BCUT2D eigenvalue weighted by Crippen LogP contribution is -1.95. The fraction of sp³-hybridized carbons (Fsp3) is 0. The Bertz CT molecular complexity index is 389. The van der Waals surface area contributed by atoms with Gasteiger partial charge < -0.3 is 0 Å². The highest BCUT2D eigenvalue weighted by molar-refractivity contribution is 6.99. The minimum Gasteiger partial charge on any atom is -0.272 e. The highest BCUT2D eigenvalue weighted by Gasteiger charge is 1.88. The van der Waals surface area contributed by atoms with Gasteiger partial charge in [0.25, 0.3) is 4.80 Å². The number of benzene rings is 1. The van der Waals surface area contributed by atoms with Crippen LogP contribution in [0, 0.1) is 0 Å². The van der Waals surface area contributed by atoms with E-state index >= 15 is 0 Å². The summed E-state index contributed by atoms with van der Waals surface area (Å²) in [6.45, 7) is 0. The van der Waals surface area contributed by atoms with E-state index in [0.717, 1.165) is 17.3 Å². The molecule has 0 amide bonds. The Labute approximate surface area is 72.4 Å². The van der Waals surface area contributed by atoms with Crippen LogP contribution in [0.25, 0.3) is 0 Å². The maximum atomic E-state index is 4.57. The van der Waals surface area contributed by atoms with Crippen molar-refractivity contribution < 1.29 is 3.96 Å². The third-order valence-electron chi connectivity index (χ3n) is 1.25. The van der Waals surface area contributed by atoms with Crippen LogP contribution in [0.15, 0.2) is 39.3 Å². The molecule has 4 nitrogen and oxygen atoms in total. The smallest absolute Gasteiger partial charge is 0.270 e. The van der Waals surface area contributed by atoms with Gasteiger partial charge in [0.2, 0.25) is 0 Å². The number of rotatable bonds is 1. The molecule has 0 saturated heterocycles. The molecular formula is C7H5N3OS. The SMILES string of the molecule is c1ccc(N=c2nnos2)cc1. The van der Waals surface area contributed by atoms with Crippen molar-refractivity contribution in [2.24, 2.45) is 4.99 Å². The molecule has 0 radical (unpaired) electrons. The van der Waals surface area contributed by atoms with Crippen molar-refractivity contribution >= 4 is 17.3 Å². The number of aromatic nitrogens is 2. The van der Waals surface area contributed by atoms with Crippen molar-refractivity contribution in [1.82, 2.24) is 10.4 Å². The molecule has 12 heavy (non-hydrogen) atoms. The maximum Gasteiger partial charge on any atom is 0.270 e. The van der Waals surface area contributed by atoms with Crippen molar-refractivity contribution in [1.29, 1.82) is 0 Å². The predicted octanol–water partition coefficient (Wildman–Crippen LogP) is 1.36. The van der Waals surface area contributed by atoms with Crippen LogP contribution in [-0.2, 0) is 0 Å². The Morgan fingerprint density at radius 2 is 2.08 bits per heavy atom. The first-order valence-corrected chi connectivity index (χ1v) is 4.08. The van der Waals surface area contributed by atoms with Gasteiger partial charge in [-0.2, -0.15) is 0 Å². The summed E-state index contributed by atoms with van der Waals surface area (Å²) in [6.07, 6.45) is 0. The lowest BCUT2D eigenvalue weighted by atomic mass is 10.3. The molecule has 2 aromatic rings. The molecule has 0 aliphatic carbocycles. The fourth-order valence-corrected chi connectivity index (χ4v) is 1.11. The van der Waals surface area contributed by atoms with Gasteiger partial charge in [0.15, 0.2) is 0 Å². The number of nitrogens with zero attached hydrogens (tertiary/aromatic N) is 3. The zero-order valence-electron chi connectivity index (χ0n) is 6.04. The van der Waals surface area contributed by atoms with E-state index in [1.165, 1.54) is 0 Å². The normalized spacial score (nSPS) is 11.8. The van der Waals surface area contributed by atoms with E-state index < -0.39 is 0 Å². The van der Waals surface area contributed by atoms with Gasteiger partial charge in [0, 0.05) is 5.27 Å². The van der Waals surface area contributed by atoms with E-state index in [0.29, 0.717) is 4.80 Å². The molecule has 0 aliphatic heterocycles. The summed E-state index contributed by atoms with van der Waals surface area (Å²) >= 11 is 1.05. The van der Waals surface area contributed by atoms with E-state index in [4.69, 9.17) is 0 Å². The minimum absolute atomic E-state index is 0.529. The molecule has 1 aromatic heterocycles. The van der Waals surface area contributed by atoms with Crippen LogP contribution in [0.3, 0.4) is 0 Å². The van der Waals surface area contributed by atoms with Crippen LogP contribution in [0.1, 0.15) is 0 Å². The van der Waals surface area contributed by atoms with Crippen molar-refractivity contribution in [2.75, 3.05) is 0 Å². The van der Waals surface area contributed by atoms with Gasteiger partial charge in [0.1, 0.15) is 11.6 Å². The van der Waals surface area contributed by atoms with Gasteiger partial charge in [-0.25, -0.2) is 4.99 Å². The Morgan fingerprint density at radius 1 is 1.25 bits per heavy atom. The summed E-state index contributed by atoms with van der Waals surface area (Å²) in [5.74, 6) is 0. The van der Waals surface area contributed by atoms with Crippen LogP contribution in [-0.4, -0.2) is 10.4 Å². The molecule has 0 aliphatic rings. The maximum absolute atomic E-state index is 4.57. The first kappa shape index (κ1) is 7.17. The summed E-state index contributed by atoms with van der Waals surface area (Å²) in [7, 11) is 0. The van der Waals surface area contributed by atoms with Gasteiger partial charge in [-0.05, 0) is 12.1 Å². The largest absolute Gasteiger partial charge is 0.272 e. The van der Waals surface area contributed by atoms with Gasteiger partial charge in [-0.3, -0.25) is 3.96 Å². The summed E-state index contributed by atoms with van der Waals surface area (Å²) in [5, 5.41) is 6.96. The van der Waals surface area contributed by atoms with Gasteiger partial charge in [-0.1, -0.05) is 23.3 Å². The first-order valence-electron chi connectivity index (χ1n) is 3.33. The Hall–Kier alpha value is -1.49. The van der Waals surface area contributed by atoms with Crippen LogP contribution in [0.2, 0.25) is 0 Å². The predicted molar refractivity (Wildman–Crippen MR) is 43.8 cm³/mol. The van der Waals surface area contributed by atoms with Crippen molar-refractivity contribution in [3.63, 3.8) is 0 Å². The lowest BCUT2D eigenvalue weighted by Gasteiger charge is -1.85. The summed E-state index contributed by atoms with van der Waals surface area (Å²) in [6, 6.07) is 9.54. The molecule has 0 N–H and O–H groups in total. The molecule has 0 saturated carbocycles. The molecule has 1 heterocycles. The van der Waals surface area contributed by atoms with E-state index in [9.17, 15) is 0 Å². The summed E-state index contributed by atoms with van der Waals surface area (Å²) in [4.78, 5) is 4.68. The van der Waals surface area contributed by atoms with Gasteiger partial charge in [0.05, 0.1) is 5.69 Å². The third kappa shape index (κ3) is 1.57. The highest BCUT2D eigenvalue weighted by Crippen LogP contribution is 2.07. The molecule has 60 valence electrons. The quantitative estimate of drug-likeness (QED) is 0.664. The number of hydrogen-bond donors (Lipinski definition) is 0. The first-order chi connectivity index (χ1) is 5.95. The molecule has 0 spiro atoms. The molecule has 2 rings (SSSR count). The van der Waals surface area contributed by atoms with Gasteiger partial charge >= 0.3 is 0 Å². The zero-order valence-corrected chi connectivity index (χ0v) is 6.86. The Balaban J connectivity index is 2.42. The molecule has 0 fully saturated rings. The minimum atomic E-state index is 0.529. The molecular weight excluding hydrogens is 174 g/mol. The highest BCUT2D eigenvalue weighted by atomic mass is 32.1. The Morgan fingerprint density at radius 3 is 2.75 bits per heavy atom. The molecule has 5 heteroatoms. The molecule has 1 aromatic carbocycles. The van der Waals surface area contributed by atoms with E-state index in [-0.39, 0.29) is 0 Å². The number of hydrogen-bond acceptors (Lipinski definition) is 5. The van der Waals surface area contributed by atoms with E-state index in [1.807, 2.05) is 30.3 Å². The monoisotopic (exact) mass is 179 g/mol. The average Bonchev–Trinajstić information content (AvgIpc) is 2.59. The molecule has 0 unspecified atom stereocenters. The number of para-hydroxylation sites is 1. The summed E-state index contributed by atoms with van der Waals surface area (Å²) < 4.78 is 4.57. The van der Waals surface area contributed by atoms with E-state index in [2.05, 4.69) is 19.3 Å². The van der Waals surface area contributed by atoms with Crippen LogP contribution in [0.4, 0.5) is 5.69 Å². The molecule has 0 atom stereocenters. The fourth-order valence-electron chi connectivity index (χ4n) is 0.772. The average molecular weight is 179 g/mol. The van der Waals surface area contributed by atoms with Gasteiger partial charge in [-0.15, -0.1) is 0 Å². The van der Waals surface area contributed by atoms with Crippen molar-refractivity contribution in [3.05, 3.63) is 35.1 Å². The van der Waals surface area contributed by atoms with Crippen molar-refractivity contribution in [2.45, 2.75) is 0 Å². The standard InChI is InChI=1S/C7H5N3OS/c1-2-4-6(5-3-1)8-7-9-10-11-12-7/h1-5H. The van der Waals surface area contributed by atoms with E-state index in [1.54, 1.807) is 0 Å². The zero-order chi connectivity index (χ0) is 8.23.